The van der Waals surface area contributed by atoms with Crippen LogP contribution in [0.1, 0.15) is 104 Å². The molecule has 4 heteroatoms. The molecular formula is C31H48N2O2. The average molecular weight is 481 g/mol. The number of ether oxygens (including phenoxy) is 1. The molecular weight excluding hydrogens is 432 g/mol. The van der Waals surface area contributed by atoms with Gasteiger partial charge in [-0.15, -0.1) is 0 Å². The number of H-pyrrole nitrogens is 2. The zero-order valence-corrected chi connectivity index (χ0v) is 23.0. The standard InChI is InChI=1S/C31H48N2O2/c1-7-17(2)12-28-19(4)20(5)31(35-28)11-10-22-23-9-8-21-13-27-25(29(34)33-32-27)16-30(21,6)26(23)14-24(22)18(3)15-31/h17,19-23,26,28H,7-16H2,1-6H3,(H2,32,33,34)/t17-,19+,20-,21-,22+,23+,26+,28-,30+,31+/m1/s1. The lowest BCUT2D eigenvalue weighted by Crippen LogP contribution is -2.48. The van der Waals surface area contributed by atoms with E-state index in [0.29, 0.717) is 23.9 Å². The second kappa shape index (κ2) is 8.36. The van der Waals surface area contributed by atoms with Gasteiger partial charge in [-0.25, -0.2) is 0 Å². The molecule has 6 rings (SSSR count). The lowest BCUT2D eigenvalue weighted by molar-refractivity contribution is -0.0718. The quantitative estimate of drug-likeness (QED) is 0.467. The van der Waals surface area contributed by atoms with Crippen LogP contribution in [0, 0.1) is 46.8 Å². The van der Waals surface area contributed by atoms with Gasteiger partial charge < -0.3 is 9.84 Å². The third-order valence-corrected chi connectivity index (χ3v) is 12.4. The van der Waals surface area contributed by atoms with Gasteiger partial charge in [0.05, 0.1) is 11.7 Å². The second-order valence-electron chi connectivity index (χ2n) is 13.9. The summed E-state index contributed by atoms with van der Waals surface area (Å²) in [6, 6.07) is 0. The molecule has 0 aromatic carbocycles. The summed E-state index contributed by atoms with van der Waals surface area (Å²) in [5, 5.41) is 6.08. The highest BCUT2D eigenvalue weighted by Crippen LogP contribution is 2.64. The normalized spacial score (nSPS) is 45.6. The zero-order valence-electron chi connectivity index (χ0n) is 23.0. The molecule has 4 nitrogen and oxygen atoms in total. The van der Waals surface area contributed by atoms with Gasteiger partial charge in [0.1, 0.15) is 0 Å². The fourth-order valence-electron chi connectivity index (χ4n) is 9.81. The molecule has 5 aliphatic rings. The third kappa shape index (κ3) is 3.51. The first-order valence-corrected chi connectivity index (χ1v) is 14.8. The summed E-state index contributed by atoms with van der Waals surface area (Å²) in [6.07, 6.45) is 12.5. The topological polar surface area (TPSA) is 57.9 Å². The molecule has 1 aromatic rings. The molecule has 35 heavy (non-hydrogen) atoms. The SMILES string of the molecule is CC[C@@H](C)C[C@H]1O[C@]2(CC[C@@H]3C(=C(C)C2)C[C@H]2[C@H]3CC[C@@H]3Cc4[nH][nH]c(=O)c4C[C@@]32C)[C@H](C)[C@@H]1C. The van der Waals surface area contributed by atoms with E-state index in [9.17, 15) is 4.79 Å². The number of hydrogen-bond donors (Lipinski definition) is 2. The molecule has 2 saturated carbocycles. The number of aromatic amines is 2. The fraction of sp³-hybridized carbons (Fsp3) is 0.839. The van der Waals surface area contributed by atoms with Crippen molar-refractivity contribution in [3.63, 3.8) is 0 Å². The van der Waals surface area contributed by atoms with E-state index in [4.69, 9.17) is 4.74 Å². The third-order valence-electron chi connectivity index (χ3n) is 12.4. The number of fused-ring (bicyclic) bond motifs is 6. The van der Waals surface area contributed by atoms with E-state index in [1.807, 2.05) is 0 Å². The van der Waals surface area contributed by atoms with Crippen molar-refractivity contribution >= 4 is 0 Å². The first-order valence-electron chi connectivity index (χ1n) is 14.8. The van der Waals surface area contributed by atoms with Gasteiger partial charge in [0.2, 0.25) is 0 Å². The molecule has 0 unspecified atom stereocenters. The van der Waals surface area contributed by atoms with Crippen molar-refractivity contribution in [1.82, 2.24) is 10.2 Å². The Bertz CT molecular complexity index is 1070. The van der Waals surface area contributed by atoms with Gasteiger partial charge in [0.25, 0.3) is 5.56 Å². The van der Waals surface area contributed by atoms with Crippen LogP contribution in [0.4, 0.5) is 0 Å². The van der Waals surface area contributed by atoms with E-state index in [2.05, 4.69) is 51.7 Å². The maximum absolute atomic E-state index is 12.5. The van der Waals surface area contributed by atoms with Crippen LogP contribution in [0.5, 0.6) is 0 Å². The number of rotatable bonds is 3. The summed E-state index contributed by atoms with van der Waals surface area (Å²) < 4.78 is 7.11. The van der Waals surface area contributed by atoms with E-state index < -0.39 is 0 Å². The Hall–Kier alpha value is -1.29. The van der Waals surface area contributed by atoms with Crippen LogP contribution >= 0.6 is 0 Å². The minimum absolute atomic E-state index is 0.0493. The smallest absolute Gasteiger partial charge is 0.267 e. The summed E-state index contributed by atoms with van der Waals surface area (Å²) in [5.74, 6) is 4.99. The Kier molecular flexibility index (Phi) is 5.75. The molecule has 2 N–H and O–H groups in total. The summed E-state index contributed by atoms with van der Waals surface area (Å²) >= 11 is 0. The number of nitrogens with one attached hydrogen (secondary N) is 2. The van der Waals surface area contributed by atoms with Crippen molar-refractivity contribution in [2.24, 2.45) is 46.8 Å². The van der Waals surface area contributed by atoms with Gasteiger partial charge >= 0.3 is 0 Å². The van der Waals surface area contributed by atoms with E-state index in [0.717, 1.165) is 48.5 Å². The molecule has 0 radical (unpaired) electrons. The summed E-state index contributed by atoms with van der Waals surface area (Å²) in [7, 11) is 0. The Balaban J connectivity index is 1.28. The van der Waals surface area contributed by atoms with Crippen molar-refractivity contribution in [3.8, 4) is 0 Å². The van der Waals surface area contributed by atoms with Crippen LogP contribution < -0.4 is 5.56 Å². The predicted molar refractivity (Wildman–Crippen MR) is 141 cm³/mol. The largest absolute Gasteiger partial charge is 0.371 e. The van der Waals surface area contributed by atoms with Gasteiger partial charge in [-0.3, -0.25) is 9.89 Å². The highest BCUT2D eigenvalue weighted by atomic mass is 16.5. The molecule has 4 aliphatic carbocycles. The van der Waals surface area contributed by atoms with Crippen LogP contribution in [0.2, 0.25) is 0 Å². The van der Waals surface area contributed by atoms with E-state index in [1.54, 1.807) is 11.1 Å². The van der Waals surface area contributed by atoms with Crippen molar-refractivity contribution < 1.29 is 4.74 Å². The molecule has 0 bridgehead atoms. The number of allylic oxidation sites excluding steroid dienone is 1. The minimum atomic E-state index is 0.0493. The number of aromatic nitrogens is 2. The summed E-state index contributed by atoms with van der Waals surface area (Å²) in [4.78, 5) is 12.5. The molecule has 1 aromatic heterocycles. The van der Waals surface area contributed by atoms with Gasteiger partial charge in [-0.1, -0.05) is 52.2 Å². The predicted octanol–water partition coefficient (Wildman–Crippen LogP) is 6.82. The molecule has 3 fully saturated rings. The molecule has 1 aliphatic heterocycles. The van der Waals surface area contributed by atoms with Gasteiger partial charge in [-0.2, -0.15) is 0 Å². The van der Waals surface area contributed by atoms with Crippen LogP contribution in [0.25, 0.3) is 0 Å². The molecule has 1 spiro atoms. The van der Waals surface area contributed by atoms with Crippen molar-refractivity contribution in [1.29, 1.82) is 0 Å². The van der Waals surface area contributed by atoms with Crippen LogP contribution in [0.15, 0.2) is 15.9 Å². The summed E-state index contributed by atoms with van der Waals surface area (Å²) in [6.45, 7) is 14.6. The molecule has 2 heterocycles. The Morgan fingerprint density at radius 3 is 2.69 bits per heavy atom. The first-order chi connectivity index (χ1) is 16.7. The van der Waals surface area contributed by atoms with Crippen LogP contribution in [0.3, 0.4) is 0 Å². The Morgan fingerprint density at radius 1 is 1.11 bits per heavy atom. The van der Waals surface area contributed by atoms with Crippen molar-refractivity contribution in [3.05, 3.63) is 32.8 Å². The molecule has 10 atom stereocenters. The van der Waals surface area contributed by atoms with Gasteiger partial charge in [-0.05, 0) is 112 Å². The molecule has 194 valence electrons. The maximum Gasteiger partial charge on any atom is 0.267 e. The average Bonchev–Trinajstić information content (AvgIpc) is 3.42. The summed E-state index contributed by atoms with van der Waals surface area (Å²) in [5.41, 5.74) is 6.12. The number of hydrogen-bond acceptors (Lipinski definition) is 2. The maximum atomic E-state index is 12.5. The lowest BCUT2D eigenvalue weighted by atomic mass is 9.52. The van der Waals surface area contributed by atoms with Crippen molar-refractivity contribution in [2.75, 3.05) is 0 Å². The molecule has 1 saturated heterocycles. The Labute approximate surface area is 212 Å². The minimum Gasteiger partial charge on any atom is -0.371 e. The van der Waals surface area contributed by atoms with E-state index in [-0.39, 0.29) is 16.6 Å². The van der Waals surface area contributed by atoms with Gasteiger partial charge in [0, 0.05) is 11.3 Å². The van der Waals surface area contributed by atoms with Crippen LogP contribution in [-0.2, 0) is 17.6 Å². The van der Waals surface area contributed by atoms with Gasteiger partial charge in [0.15, 0.2) is 0 Å². The molecule has 0 amide bonds. The van der Waals surface area contributed by atoms with E-state index in [1.165, 1.54) is 50.6 Å². The highest BCUT2D eigenvalue weighted by molar-refractivity contribution is 5.32. The monoisotopic (exact) mass is 480 g/mol. The zero-order chi connectivity index (χ0) is 24.7. The van der Waals surface area contributed by atoms with Crippen LogP contribution in [-0.4, -0.2) is 21.9 Å². The first kappa shape index (κ1) is 24.1. The van der Waals surface area contributed by atoms with E-state index >= 15 is 0 Å². The second-order valence-corrected chi connectivity index (χ2v) is 13.9. The highest BCUT2D eigenvalue weighted by Gasteiger charge is 2.58. The Morgan fingerprint density at radius 2 is 1.91 bits per heavy atom. The fourth-order valence-corrected chi connectivity index (χ4v) is 9.81. The van der Waals surface area contributed by atoms with Crippen molar-refractivity contribution in [2.45, 2.75) is 117 Å². The lowest BCUT2D eigenvalue weighted by Gasteiger charge is -2.52.